The monoisotopic (exact) mass is 364 g/mol. The van der Waals surface area contributed by atoms with Gasteiger partial charge in [-0.2, -0.15) is 4.31 Å². The fraction of sp³-hybridized carbons (Fsp3) is 0.500. The molecule has 1 amide bonds. The van der Waals surface area contributed by atoms with Crippen LogP contribution < -0.4 is 5.32 Å². The Morgan fingerprint density at radius 3 is 2.83 bits per heavy atom. The second kappa shape index (κ2) is 7.57. The van der Waals surface area contributed by atoms with Crippen LogP contribution in [-0.2, 0) is 19.6 Å². The SMILES string of the molecule is CS(=O)(=O)N(CC(=O)Nc1ccc(F)c(Cl)c1)CC1CCCO1. The molecule has 1 atom stereocenters. The maximum absolute atomic E-state index is 13.1. The van der Waals surface area contributed by atoms with Gasteiger partial charge in [0.2, 0.25) is 15.9 Å². The summed E-state index contributed by atoms with van der Waals surface area (Å²) in [5.41, 5.74) is 0.298. The molecule has 23 heavy (non-hydrogen) atoms. The van der Waals surface area contributed by atoms with Crippen molar-refractivity contribution in [2.75, 3.05) is 31.3 Å². The van der Waals surface area contributed by atoms with Crippen molar-refractivity contribution < 1.29 is 22.3 Å². The molecule has 1 heterocycles. The molecule has 1 saturated heterocycles. The van der Waals surface area contributed by atoms with Gasteiger partial charge in [0.05, 0.1) is 23.9 Å². The lowest BCUT2D eigenvalue weighted by molar-refractivity contribution is -0.116. The van der Waals surface area contributed by atoms with Gasteiger partial charge >= 0.3 is 0 Å². The molecule has 0 bridgehead atoms. The zero-order chi connectivity index (χ0) is 17.0. The van der Waals surface area contributed by atoms with E-state index in [1.165, 1.54) is 12.1 Å². The van der Waals surface area contributed by atoms with E-state index < -0.39 is 21.7 Å². The number of hydrogen-bond donors (Lipinski definition) is 1. The zero-order valence-electron chi connectivity index (χ0n) is 12.6. The highest BCUT2D eigenvalue weighted by Crippen LogP contribution is 2.19. The highest BCUT2D eigenvalue weighted by Gasteiger charge is 2.26. The maximum Gasteiger partial charge on any atom is 0.239 e. The van der Waals surface area contributed by atoms with Gasteiger partial charge in [-0.3, -0.25) is 4.79 Å². The average molecular weight is 365 g/mol. The largest absolute Gasteiger partial charge is 0.377 e. The standard InChI is InChI=1S/C14H18ClFN2O4S/c1-23(20,21)18(8-11-3-2-6-22-11)9-14(19)17-10-4-5-13(16)12(15)7-10/h4-5,7,11H,2-3,6,8-9H2,1H3,(H,17,19). The maximum atomic E-state index is 13.1. The summed E-state index contributed by atoms with van der Waals surface area (Å²) in [5, 5.41) is 2.38. The third-order valence-corrected chi connectivity index (χ3v) is 4.93. The number of sulfonamides is 1. The predicted octanol–water partition coefficient (Wildman–Crippen LogP) is 1.86. The van der Waals surface area contributed by atoms with Crippen LogP contribution in [0.2, 0.25) is 5.02 Å². The molecule has 1 aliphatic heterocycles. The number of benzene rings is 1. The molecule has 1 aromatic carbocycles. The van der Waals surface area contributed by atoms with Crippen molar-refractivity contribution >= 4 is 33.2 Å². The molecule has 128 valence electrons. The van der Waals surface area contributed by atoms with Gasteiger partial charge in [0.15, 0.2) is 0 Å². The molecule has 0 radical (unpaired) electrons. The second-order valence-corrected chi connectivity index (χ2v) is 7.76. The van der Waals surface area contributed by atoms with Crippen molar-refractivity contribution in [1.29, 1.82) is 0 Å². The first-order valence-electron chi connectivity index (χ1n) is 7.07. The number of nitrogens with one attached hydrogen (secondary N) is 1. The van der Waals surface area contributed by atoms with Crippen LogP contribution in [0.15, 0.2) is 18.2 Å². The molecule has 0 saturated carbocycles. The molecule has 1 unspecified atom stereocenters. The van der Waals surface area contributed by atoms with Crippen LogP contribution in [0.25, 0.3) is 0 Å². The summed E-state index contributed by atoms with van der Waals surface area (Å²) in [4.78, 5) is 12.0. The summed E-state index contributed by atoms with van der Waals surface area (Å²) in [7, 11) is -3.55. The lowest BCUT2D eigenvalue weighted by atomic mass is 10.2. The van der Waals surface area contributed by atoms with Gasteiger partial charge in [-0.15, -0.1) is 0 Å². The van der Waals surface area contributed by atoms with Crippen LogP contribution >= 0.6 is 11.6 Å². The Balaban J connectivity index is 2.00. The Hall–Kier alpha value is -1.22. The van der Waals surface area contributed by atoms with Gasteiger partial charge in [-0.1, -0.05) is 11.6 Å². The number of ether oxygens (including phenoxy) is 1. The van der Waals surface area contributed by atoms with Crippen LogP contribution in [0.5, 0.6) is 0 Å². The van der Waals surface area contributed by atoms with E-state index >= 15 is 0 Å². The summed E-state index contributed by atoms with van der Waals surface area (Å²) in [5.74, 6) is -1.13. The van der Waals surface area contributed by atoms with Crippen molar-refractivity contribution in [2.45, 2.75) is 18.9 Å². The van der Waals surface area contributed by atoms with E-state index in [2.05, 4.69) is 5.32 Å². The fourth-order valence-electron chi connectivity index (χ4n) is 2.27. The van der Waals surface area contributed by atoms with Crippen molar-refractivity contribution in [3.63, 3.8) is 0 Å². The van der Waals surface area contributed by atoms with Gasteiger partial charge in [-0.25, -0.2) is 12.8 Å². The third kappa shape index (κ3) is 5.42. The quantitative estimate of drug-likeness (QED) is 0.836. The van der Waals surface area contributed by atoms with Crippen LogP contribution in [0.4, 0.5) is 10.1 Å². The van der Waals surface area contributed by atoms with Crippen LogP contribution in [0, 0.1) is 5.82 Å². The van der Waals surface area contributed by atoms with E-state index in [1.807, 2.05) is 0 Å². The van der Waals surface area contributed by atoms with Crippen LogP contribution in [0.3, 0.4) is 0 Å². The molecule has 1 fully saturated rings. The number of nitrogens with zero attached hydrogens (tertiary/aromatic N) is 1. The minimum absolute atomic E-state index is 0.123. The molecule has 2 rings (SSSR count). The first kappa shape index (κ1) is 18.1. The molecule has 0 aliphatic carbocycles. The molecule has 0 aromatic heterocycles. The molecular formula is C14H18ClFN2O4S. The molecule has 1 aliphatic rings. The molecule has 1 aromatic rings. The molecule has 1 N–H and O–H groups in total. The number of carbonyl (C=O) groups is 1. The highest BCUT2D eigenvalue weighted by molar-refractivity contribution is 7.88. The van der Waals surface area contributed by atoms with E-state index in [-0.39, 0.29) is 24.2 Å². The highest BCUT2D eigenvalue weighted by atomic mass is 35.5. The first-order valence-corrected chi connectivity index (χ1v) is 9.30. The lowest BCUT2D eigenvalue weighted by Crippen LogP contribution is -2.41. The summed E-state index contributed by atoms with van der Waals surface area (Å²) >= 11 is 5.64. The minimum atomic E-state index is -3.55. The lowest BCUT2D eigenvalue weighted by Gasteiger charge is -2.22. The Morgan fingerprint density at radius 1 is 1.52 bits per heavy atom. The third-order valence-electron chi connectivity index (χ3n) is 3.42. The fourth-order valence-corrected chi connectivity index (χ4v) is 3.24. The number of rotatable bonds is 6. The minimum Gasteiger partial charge on any atom is -0.377 e. The molecule has 6 nitrogen and oxygen atoms in total. The smallest absolute Gasteiger partial charge is 0.239 e. The van der Waals surface area contributed by atoms with Crippen molar-refractivity contribution in [3.8, 4) is 0 Å². The predicted molar refractivity (Wildman–Crippen MR) is 85.4 cm³/mol. The van der Waals surface area contributed by atoms with Gasteiger partial charge in [0, 0.05) is 18.8 Å². The Labute approximate surface area is 139 Å². The number of anilines is 1. The average Bonchev–Trinajstić information content (AvgIpc) is 2.94. The van der Waals surface area contributed by atoms with Crippen LogP contribution in [-0.4, -0.2) is 50.7 Å². The first-order chi connectivity index (χ1) is 10.8. The van der Waals surface area contributed by atoms with Crippen LogP contribution in [0.1, 0.15) is 12.8 Å². The summed E-state index contributed by atoms with van der Waals surface area (Å²) in [6.07, 6.45) is 2.49. The van der Waals surface area contributed by atoms with E-state index in [0.717, 1.165) is 29.5 Å². The van der Waals surface area contributed by atoms with Crippen molar-refractivity contribution in [1.82, 2.24) is 4.31 Å². The summed E-state index contributed by atoms with van der Waals surface area (Å²) in [6, 6.07) is 3.74. The normalized spacial score (nSPS) is 18.3. The van der Waals surface area contributed by atoms with Gasteiger partial charge < -0.3 is 10.1 Å². The zero-order valence-corrected chi connectivity index (χ0v) is 14.2. The number of carbonyl (C=O) groups excluding carboxylic acids is 1. The van der Waals surface area contributed by atoms with Crippen molar-refractivity contribution in [3.05, 3.63) is 29.0 Å². The van der Waals surface area contributed by atoms with Gasteiger partial charge in [-0.05, 0) is 31.0 Å². The van der Waals surface area contributed by atoms with E-state index in [4.69, 9.17) is 16.3 Å². The van der Waals surface area contributed by atoms with Gasteiger partial charge in [0.1, 0.15) is 5.82 Å². The molecular weight excluding hydrogens is 347 g/mol. The Morgan fingerprint density at radius 2 is 2.26 bits per heavy atom. The van der Waals surface area contributed by atoms with Crippen molar-refractivity contribution in [2.24, 2.45) is 0 Å². The van der Waals surface area contributed by atoms with E-state index in [9.17, 15) is 17.6 Å². The van der Waals surface area contributed by atoms with E-state index in [1.54, 1.807) is 0 Å². The Bertz CT molecular complexity index is 677. The summed E-state index contributed by atoms with van der Waals surface area (Å²) in [6.45, 7) is 0.395. The number of amides is 1. The topological polar surface area (TPSA) is 75.7 Å². The van der Waals surface area contributed by atoms with E-state index in [0.29, 0.717) is 12.3 Å². The number of hydrogen-bond acceptors (Lipinski definition) is 4. The molecule has 9 heteroatoms. The summed E-state index contributed by atoms with van der Waals surface area (Å²) < 4.78 is 43.2. The Kier molecular flexibility index (Phi) is 5.96. The van der Waals surface area contributed by atoms with Gasteiger partial charge in [0.25, 0.3) is 0 Å². The molecule has 0 spiro atoms. The second-order valence-electron chi connectivity index (χ2n) is 5.37. The number of halogens is 2.